The van der Waals surface area contributed by atoms with Gasteiger partial charge in [-0.2, -0.15) is 0 Å². The normalized spacial score (nSPS) is 21.1. The van der Waals surface area contributed by atoms with Gasteiger partial charge in [0, 0.05) is 17.0 Å². The summed E-state index contributed by atoms with van der Waals surface area (Å²) < 4.78 is 0. The number of benzene rings is 1. The van der Waals surface area contributed by atoms with E-state index in [9.17, 15) is 4.79 Å². The Morgan fingerprint density at radius 2 is 2.00 bits per heavy atom. The van der Waals surface area contributed by atoms with Gasteiger partial charge < -0.3 is 5.32 Å². The number of hydrogen-bond acceptors (Lipinski definition) is 1. The zero-order chi connectivity index (χ0) is 10.1. The zero-order valence-electron chi connectivity index (χ0n) is 7.59. The Labute approximate surface area is 87.6 Å². The van der Waals surface area contributed by atoms with Crippen molar-refractivity contribution in [1.82, 2.24) is 5.32 Å². The fraction of sp³-hybridized carbons (Fsp3) is 0.182. The first-order valence-corrected chi connectivity index (χ1v) is 4.79. The first-order valence-electron chi connectivity index (χ1n) is 4.41. The standard InChI is InChI=1S/C11H10ClNO/c1-7-6-10(13-11(7)14)8-2-4-9(12)5-3-8/h2-5,10H,1,6H2,(H,13,14)/t10-/m1/s1. The number of hydrogen-bond donors (Lipinski definition) is 1. The summed E-state index contributed by atoms with van der Waals surface area (Å²) in [4.78, 5) is 11.2. The molecule has 1 aromatic carbocycles. The Morgan fingerprint density at radius 3 is 2.50 bits per heavy atom. The van der Waals surface area contributed by atoms with E-state index in [1.54, 1.807) is 0 Å². The predicted molar refractivity (Wildman–Crippen MR) is 56.1 cm³/mol. The van der Waals surface area contributed by atoms with E-state index < -0.39 is 0 Å². The summed E-state index contributed by atoms with van der Waals surface area (Å²) in [7, 11) is 0. The van der Waals surface area contributed by atoms with Crippen molar-refractivity contribution in [3.8, 4) is 0 Å². The van der Waals surface area contributed by atoms with Gasteiger partial charge >= 0.3 is 0 Å². The number of nitrogens with one attached hydrogen (secondary N) is 1. The molecule has 1 N–H and O–H groups in total. The molecule has 1 atom stereocenters. The van der Waals surface area contributed by atoms with Crippen LogP contribution in [0.5, 0.6) is 0 Å². The summed E-state index contributed by atoms with van der Waals surface area (Å²) in [5.41, 5.74) is 1.71. The van der Waals surface area contributed by atoms with Crippen LogP contribution < -0.4 is 5.32 Å². The smallest absolute Gasteiger partial charge is 0.247 e. The van der Waals surface area contributed by atoms with E-state index in [2.05, 4.69) is 11.9 Å². The average molecular weight is 208 g/mol. The van der Waals surface area contributed by atoms with E-state index in [1.165, 1.54) is 0 Å². The van der Waals surface area contributed by atoms with Gasteiger partial charge in [-0.1, -0.05) is 30.3 Å². The maximum Gasteiger partial charge on any atom is 0.247 e. The van der Waals surface area contributed by atoms with Crippen LogP contribution in [0.1, 0.15) is 18.0 Å². The molecule has 1 saturated heterocycles. The third-order valence-corrected chi connectivity index (χ3v) is 2.60. The van der Waals surface area contributed by atoms with Gasteiger partial charge in [0.05, 0.1) is 6.04 Å². The van der Waals surface area contributed by atoms with Gasteiger partial charge in [-0.05, 0) is 17.7 Å². The van der Waals surface area contributed by atoms with Gasteiger partial charge in [-0.25, -0.2) is 0 Å². The Balaban J connectivity index is 2.21. The molecule has 0 radical (unpaired) electrons. The molecule has 0 bridgehead atoms. The summed E-state index contributed by atoms with van der Waals surface area (Å²) in [6.45, 7) is 3.69. The first kappa shape index (κ1) is 9.28. The molecule has 3 heteroatoms. The lowest BCUT2D eigenvalue weighted by Gasteiger charge is -2.09. The summed E-state index contributed by atoms with van der Waals surface area (Å²) >= 11 is 5.77. The molecule has 14 heavy (non-hydrogen) atoms. The number of rotatable bonds is 1. The third-order valence-electron chi connectivity index (χ3n) is 2.35. The van der Waals surface area contributed by atoms with Crippen molar-refractivity contribution in [2.24, 2.45) is 0 Å². The summed E-state index contributed by atoms with van der Waals surface area (Å²) in [6, 6.07) is 7.55. The molecule has 0 aliphatic carbocycles. The van der Waals surface area contributed by atoms with Crippen molar-refractivity contribution in [2.45, 2.75) is 12.5 Å². The van der Waals surface area contributed by atoms with Crippen molar-refractivity contribution in [1.29, 1.82) is 0 Å². The first-order chi connectivity index (χ1) is 6.66. The molecular formula is C11H10ClNO. The van der Waals surface area contributed by atoms with Crippen LogP contribution in [0.25, 0.3) is 0 Å². The minimum atomic E-state index is -0.0510. The van der Waals surface area contributed by atoms with Crippen LogP contribution in [0, 0.1) is 0 Å². The van der Waals surface area contributed by atoms with Gasteiger partial charge in [0.1, 0.15) is 0 Å². The summed E-state index contributed by atoms with van der Waals surface area (Å²) in [6.07, 6.45) is 0.681. The molecule has 2 nitrogen and oxygen atoms in total. The molecule has 0 spiro atoms. The number of carbonyl (C=O) groups excluding carboxylic acids is 1. The van der Waals surface area contributed by atoms with Crippen LogP contribution >= 0.6 is 11.6 Å². The lowest BCUT2D eigenvalue weighted by molar-refractivity contribution is -0.116. The molecule has 1 heterocycles. The minimum absolute atomic E-state index is 0.0510. The Hall–Kier alpha value is -1.28. The lowest BCUT2D eigenvalue weighted by atomic mass is 10.0. The van der Waals surface area contributed by atoms with E-state index in [0.29, 0.717) is 17.0 Å². The molecular weight excluding hydrogens is 198 g/mol. The quantitative estimate of drug-likeness (QED) is 0.705. The molecule has 0 saturated carbocycles. The van der Waals surface area contributed by atoms with Crippen molar-refractivity contribution in [3.05, 3.63) is 47.0 Å². The van der Waals surface area contributed by atoms with E-state index in [-0.39, 0.29) is 11.9 Å². The topological polar surface area (TPSA) is 29.1 Å². The van der Waals surface area contributed by atoms with Crippen molar-refractivity contribution in [3.63, 3.8) is 0 Å². The van der Waals surface area contributed by atoms with Crippen molar-refractivity contribution in [2.75, 3.05) is 0 Å². The maximum absolute atomic E-state index is 11.2. The highest BCUT2D eigenvalue weighted by Crippen LogP contribution is 2.27. The molecule has 0 unspecified atom stereocenters. The van der Waals surface area contributed by atoms with Gasteiger partial charge in [0.15, 0.2) is 0 Å². The van der Waals surface area contributed by atoms with Gasteiger partial charge in [0.25, 0.3) is 0 Å². The number of amides is 1. The van der Waals surface area contributed by atoms with E-state index in [1.807, 2.05) is 24.3 Å². The summed E-state index contributed by atoms with van der Waals surface area (Å²) in [5.74, 6) is -0.0510. The molecule has 1 fully saturated rings. The second-order valence-electron chi connectivity index (χ2n) is 3.39. The molecule has 1 aromatic rings. The fourth-order valence-electron chi connectivity index (χ4n) is 1.55. The molecule has 0 aromatic heterocycles. The van der Waals surface area contributed by atoms with Crippen LogP contribution in [-0.4, -0.2) is 5.91 Å². The van der Waals surface area contributed by atoms with E-state index >= 15 is 0 Å². The SMILES string of the molecule is C=C1C[C@H](c2ccc(Cl)cc2)NC1=O. The fourth-order valence-corrected chi connectivity index (χ4v) is 1.67. The zero-order valence-corrected chi connectivity index (χ0v) is 8.34. The second kappa shape index (κ2) is 3.46. The highest BCUT2D eigenvalue weighted by atomic mass is 35.5. The number of halogens is 1. The molecule has 2 rings (SSSR count). The molecule has 72 valence electrons. The number of carbonyl (C=O) groups is 1. The van der Waals surface area contributed by atoms with Gasteiger partial charge in [-0.15, -0.1) is 0 Å². The second-order valence-corrected chi connectivity index (χ2v) is 3.82. The van der Waals surface area contributed by atoms with Crippen LogP contribution in [0.2, 0.25) is 5.02 Å². The lowest BCUT2D eigenvalue weighted by Crippen LogP contribution is -2.18. The van der Waals surface area contributed by atoms with E-state index in [4.69, 9.17) is 11.6 Å². The molecule has 1 aliphatic rings. The van der Waals surface area contributed by atoms with Gasteiger partial charge in [-0.3, -0.25) is 4.79 Å². The van der Waals surface area contributed by atoms with Gasteiger partial charge in [0.2, 0.25) is 5.91 Å². The van der Waals surface area contributed by atoms with Crippen LogP contribution in [-0.2, 0) is 4.79 Å². The van der Waals surface area contributed by atoms with Crippen molar-refractivity contribution < 1.29 is 4.79 Å². The minimum Gasteiger partial charge on any atom is -0.345 e. The monoisotopic (exact) mass is 207 g/mol. The maximum atomic E-state index is 11.2. The third kappa shape index (κ3) is 1.66. The van der Waals surface area contributed by atoms with Crippen LogP contribution in [0.15, 0.2) is 36.4 Å². The van der Waals surface area contributed by atoms with E-state index in [0.717, 1.165) is 5.56 Å². The summed E-state index contributed by atoms with van der Waals surface area (Å²) in [5, 5.41) is 3.56. The largest absolute Gasteiger partial charge is 0.345 e. The predicted octanol–water partition coefficient (Wildman–Crippen LogP) is 2.46. The van der Waals surface area contributed by atoms with Crippen LogP contribution in [0.4, 0.5) is 0 Å². The molecule has 1 amide bonds. The highest BCUT2D eigenvalue weighted by molar-refractivity contribution is 6.30. The van der Waals surface area contributed by atoms with Crippen LogP contribution in [0.3, 0.4) is 0 Å². The van der Waals surface area contributed by atoms with Crippen molar-refractivity contribution >= 4 is 17.5 Å². The Morgan fingerprint density at radius 1 is 1.36 bits per heavy atom. The highest BCUT2D eigenvalue weighted by Gasteiger charge is 2.25. The Bertz CT molecular complexity index is 367. The average Bonchev–Trinajstić information content (AvgIpc) is 2.48. The molecule has 1 aliphatic heterocycles. The Kier molecular flexibility index (Phi) is 2.30.